The van der Waals surface area contributed by atoms with Crippen LogP contribution in [0.4, 0.5) is 18.9 Å². The Morgan fingerprint density at radius 3 is 2.85 bits per heavy atom. The van der Waals surface area contributed by atoms with E-state index >= 15 is 0 Å². The van der Waals surface area contributed by atoms with E-state index in [1.54, 1.807) is 0 Å². The first-order valence-electron chi connectivity index (χ1n) is 5.75. The lowest BCUT2D eigenvalue weighted by Crippen LogP contribution is -2.13. The van der Waals surface area contributed by atoms with Gasteiger partial charge in [-0.1, -0.05) is 0 Å². The van der Waals surface area contributed by atoms with Gasteiger partial charge in [-0.05, 0) is 28.6 Å². The summed E-state index contributed by atoms with van der Waals surface area (Å²) in [4.78, 5) is 0. The van der Waals surface area contributed by atoms with Crippen LogP contribution in [0.25, 0.3) is 11.4 Å². The summed E-state index contributed by atoms with van der Waals surface area (Å²) in [7, 11) is 0. The summed E-state index contributed by atoms with van der Waals surface area (Å²) in [5, 5.41) is 11.0. The van der Waals surface area contributed by atoms with Crippen molar-refractivity contribution in [2.45, 2.75) is 13.0 Å². The van der Waals surface area contributed by atoms with E-state index in [0.29, 0.717) is 11.4 Å². The van der Waals surface area contributed by atoms with E-state index in [9.17, 15) is 13.2 Å². The van der Waals surface area contributed by atoms with Crippen LogP contribution < -0.4 is 5.73 Å². The summed E-state index contributed by atoms with van der Waals surface area (Å²) >= 11 is 0. The molecule has 108 valence electrons. The lowest BCUT2D eigenvalue weighted by Gasteiger charge is -2.07. The third kappa shape index (κ3) is 3.44. The first kappa shape index (κ1) is 14.3. The van der Waals surface area contributed by atoms with Crippen LogP contribution in [0.1, 0.15) is 0 Å². The van der Waals surface area contributed by atoms with Gasteiger partial charge in [0, 0.05) is 11.3 Å². The number of alkyl halides is 2. The number of rotatable bonds is 6. The van der Waals surface area contributed by atoms with E-state index in [-0.39, 0.29) is 18.8 Å². The van der Waals surface area contributed by atoms with Crippen molar-refractivity contribution >= 4 is 5.69 Å². The number of tetrazole rings is 1. The molecule has 0 amide bonds. The minimum atomic E-state index is -2.52. The number of halogens is 3. The quantitative estimate of drug-likeness (QED) is 0.640. The number of nitrogen functional groups attached to an aromatic ring is 1. The van der Waals surface area contributed by atoms with Crippen molar-refractivity contribution in [1.29, 1.82) is 0 Å². The topological polar surface area (TPSA) is 78.9 Å². The molecule has 0 atom stereocenters. The fraction of sp³-hybridized carbons (Fsp3) is 0.364. The predicted molar refractivity (Wildman–Crippen MR) is 64.4 cm³/mol. The van der Waals surface area contributed by atoms with E-state index in [2.05, 4.69) is 15.5 Å². The monoisotopic (exact) mass is 287 g/mol. The highest BCUT2D eigenvalue weighted by Gasteiger charge is 2.12. The van der Waals surface area contributed by atoms with Gasteiger partial charge in [0.05, 0.1) is 13.2 Å². The maximum atomic E-state index is 13.0. The first-order valence-corrected chi connectivity index (χ1v) is 5.75. The van der Waals surface area contributed by atoms with Gasteiger partial charge in [-0.3, -0.25) is 0 Å². The highest BCUT2D eigenvalue weighted by molar-refractivity contribution is 5.71. The van der Waals surface area contributed by atoms with E-state index in [1.807, 2.05) is 0 Å². The van der Waals surface area contributed by atoms with Crippen molar-refractivity contribution in [2.24, 2.45) is 0 Å². The highest BCUT2D eigenvalue weighted by atomic mass is 19.3. The number of hydrogen-bond donors (Lipinski definition) is 1. The lowest BCUT2D eigenvalue weighted by atomic mass is 10.1. The Labute approximate surface area is 112 Å². The van der Waals surface area contributed by atoms with Gasteiger partial charge >= 0.3 is 0 Å². The Balaban J connectivity index is 2.08. The maximum absolute atomic E-state index is 13.0. The van der Waals surface area contributed by atoms with Gasteiger partial charge in [-0.2, -0.15) is 0 Å². The van der Waals surface area contributed by atoms with E-state index in [1.165, 1.54) is 16.8 Å². The van der Waals surface area contributed by atoms with Crippen molar-refractivity contribution < 1.29 is 17.9 Å². The van der Waals surface area contributed by atoms with Crippen molar-refractivity contribution in [3.8, 4) is 11.4 Å². The molecule has 20 heavy (non-hydrogen) atoms. The molecule has 0 aliphatic heterocycles. The molecule has 0 bridgehead atoms. The second-order valence-corrected chi connectivity index (χ2v) is 3.92. The third-order valence-electron chi connectivity index (χ3n) is 2.48. The van der Waals surface area contributed by atoms with Gasteiger partial charge in [-0.25, -0.2) is 17.9 Å². The Bertz CT molecular complexity index is 575. The van der Waals surface area contributed by atoms with Crippen molar-refractivity contribution in [3.05, 3.63) is 24.0 Å². The summed E-state index contributed by atoms with van der Waals surface area (Å²) in [5.74, 6) is -0.145. The van der Waals surface area contributed by atoms with Crippen LogP contribution in [-0.4, -0.2) is 39.8 Å². The van der Waals surface area contributed by atoms with Gasteiger partial charge in [0.2, 0.25) is 0 Å². The van der Waals surface area contributed by atoms with Crippen LogP contribution in [0.15, 0.2) is 18.2 Å². The first-order chi connectivity index (χ1) is 9.58. The molecule has 1 heterocycles. The molecule has 0 aliphatic carbocycles. The molecule has 0 fully saturated rings. The van der Waals surface area contributed by atoms with Gasteiger partial charge < -0.3 is 10.5 Å². The van der Waals surface area contributed by atoms with E-state index in [0.717, 1.165) is 6.07 Å². The predicted octanol–water partition coefficient (Wildman–Crippen LogP) is 1.34. The van der Waals surface area contributed by atoms with Gasteiger partial charge in [0.1, 0.15) is 12.4 Å². The number of aromatic nitrogens is 4. The molecule has 0 unspecified atom stereocenters. The molecule has 6 nitrogen and oxygen atoms in total. The summed E-state index contributed by atoms with van der Waals surface area (Å²) in [6.45, 7) is -0.425. The average molecular weight is 287 g/mol. The highest BCUT2D eigenvalue weighted by Crippen LogP contribution is 2.23. The molecular weight excluding hydrogens is 275 g/mol. The minimum absolute atomic E-state index is 0.0312. The SMILES string of the molecule is Nc1cc(F)ccc1-c1nnnn1CCOCC(F)F. The molecule has 2 rings (SSSR count). The van der Waals surface area contributed by atoms with Crippen LogP contribution in [0, 0.1) is 5.82 Å². The zero-order chi connectivity index (χ0) is 14.5. The number of nitrogens with two attached hydrogens (primary N) is 1. The molecule has 0 saturated heterocycles. The van der Waals surface area contributed by atoms with Crippen molar-refractivity contribution in [1.82, 2.24) is 20.2 Å². The Morgan fingerprint density at radius 1 is 1.35 bits per heavy atom. The lowest BCUT2D eigenvalue weighted by molar-refractivity contribution is 0.0140. The maximum Gasteiger partial charge on any atom is 0.261 e. The number of ether oxygens (including phenoxy) is 1. The van der Waals surface area contributed by atoms with Gasteiger partial charge in [0.15, 0.2) is 5.82 Å². The number of hydrogen-bond acceptors (Lipinski definition) is 5. The van der Waals surface area contributed by atoms with Gasteiger partial charge in [-0.15, -0.1) is 5.10 Å². The van der Waals surface area contributed by atoms with Crippen molar-refractivity contribution in [2.75, 3.05) is 18.9 Å². The Hall–Kier alpha value is -2.16. The molecular formula is C11H12F3N5O. The fourth-order valence-corrected chi connectivity index (χ4v) is 1.61. The smallest absolute Gasteiger partial charge is 0.261 e. The molecule has 2 aromatic rings. The van der Waals surface area contributed by atoms with Gasteiger partial charge in [0.25, 0.3) is 6.43 Å². The molecule has 1 aromatic heterocycles. The Morgan fingerprint density at radius 2 is 2.15 bits per heavy atom. The molecule has 2 N–H and O–H groups in total. The molecule has 9 heteroatoms. The van der Waals surface area contributed by atoms with E-state index < -0.39 is 18.8 Å². The zero-order valence-electron chi connectivity index (χ0n) is 10.3. The zero-order valence-corrected chi connectivity index (χ0v) is 10.3. The van der Waals surface area contributed by atoms with Crippen LogP contribution in [0.2, 0.25) is 0 Å². The standard InChI is InChI=1S/C11H12F3N5O/c12-7-1-2-8(9(15)5-7)11-16-17-18-19(11)3-4-20-6-10(13)14/h1-2,5,10H,3-4,6,15H2. The Kier molecular flexibility index (Phi) is 4.51. The molecule has 1 aromatic carbocycles. The van der Waals surface area contributed by atoms with Crippen LogP contribution in [0.3, 0.4) is 0 Å². The number of anilines is 1. The van der Waals surface area contributed by atoms with Crippen LogP contribution >= 0.6 is 0 Å². The molecule has 0 saturated carbocycles. The second kappa shape index (κ2) is 6.33. The van der Waals surface area contributed by atoms with Crippen LogP contribution in [0.5, 0.6) is 0 Å². The molecule has 0 aliphatic rings. The molecule has 0 spiro atoms. The molecule has 0 radical (unpaired) electrons. The van der Waals surface area contributed by atoms with Crippen LogP contribution in [-0.2, 0) is 11.3 Å². The summed E-state index contributed by atoms with van der Waals surface area (Å²) in [6, 6.07) is 3.84. The minimum Gasteiger partial charge on any atom is -0.398 e. The largest absolute Gasteiger partial charge is 0.398 e. The summed E-state index contributed by atoms with van der Waals surface area (Å²) in [6.07, 6.45) is -2.52. The summed E-state index contributed by atoms with van der Waals surface area (Å²) in [5.41, 5.74) is 6.35. The van der Waals surface area contributed by atoms with E-state index in [4.69, 9.17) is 10.5 Å². The van der Waals surface area contributed by atoms with Crippen molar-refractivity contribution in [3.63, 3.8) is 0 Å². The summed E-state index contributed by atoms with van der Waals surface area (Å²) < 4.78 is 42.9. The normalized spacial score (nSPS) is 11.2. The number of benzene rings is 1. The average Bonchev–Trinajstić information content (AvgIpc) is 2.82. The fourth-order valence-electron chi connectivity index (χ4n) is 1.61. The second-order valence-electron chi connectivity index (χ2n) is 3.92. The number of nitrogens with zero attached hydrogens (tertiary/aromatic N) is 4. The third-order valence-corrected chi connectivity index (χ3v) is 2.48.